The van der Waals surface area contributed by atoms with Crippen LogP contribution in [0, 0.1) is 0 Å². The summed E-state index contributed by atoms with van der Waals surface area (Å²) in [6.45, 7) is 3.60. The van der Waals surface area contributed by atoms with Crippen molar-refractivity contribution in [2.24, 2.45) is 0 Å². The van der Waals surface area contributed by atoms with Crippen LogP contribution in [-0.2, 0) is 11.3 Å². The van der Waals surface area contributed by atoms with E-state index in [4.69, 9.17) is 4.74 Å². The van der Waals surface area contributed by atoms with Crippen molar-refractivity contribution in [2.45, 2.75) is 38.4 Å². The molecule has 5 nitrogen and oxygen atoms in total. The second kappa shape index (κ2) is 6.11. The van der Waals surface area contributed by atoms with E-state index in [1.165, 1.54) is 12.8 Å². The lowest BCUT2D eigenvalue weighted by Gasteiger charge is -2.25. The highest BCUT2D eigenvalue weighted by molar-refractivity contribution is 5.36. The van der Waals surface area contributed by atoms with E-state index in [0.717, 1.165) is 18.1 Å². The molecule has 0 saturated heterocycles. The predicted octanol–water partition coefficient (Wildman–Crippen LogP) is 1.20. The largest absolute Gasteiger partial charge is 0.383 e. The molecular formula is C13H22N4O. The van der Waals surface area contributed by atoms with Crippen LogP contribution in [0.4, 0.5) is 5.82 Å². The number of rotatable bonds is 7. The zero-order valence-corrected chi connectivity index (χ0v) is 11.4. The Morgan fingerprint density at radius 2 is 2.28 bits per heavy atom. The van der Waals surface area contributed by atoms with Gasteiger partial charge in [-0.25, -0.2) is 4.98 Å². The number of hydrogen-bond donors (Lipinski definition) is 1. The molecule has 100 valence electrons. The third-order valence-corrected chi connectivity index (χ3v) is 3.25. The van der Waals surface area contributed by atoms with Gasteiger partial charge in [-0.3, -0.25) is 4.98 Å². The lowest BCUT2D eigenvalue weighted by Crippen LogP contribution is -2.33. The number of aromatic nitrogens is 2. The minimum Gasteiger partial charge on any atom is -0.383 e. The van der Waals surface area contributed by atoms with Crippen LogP contribution in [0.5, 0.6) is 0 Å². The van der Waals surface area contributed by atoms with Crippen molar-refractivity contribution in [3.63, 3.8) is 0 Å². The summed E-state index contributed by atoms with van der Waals surface area (Å²) in [6, 6.07) is 0.983. The third-order valence-electron chi connectivity index (χ3n) is 3.25. The first-order valence-corrected chi connectivity index (χ1v) is 6.46. The molecule has 2 rings (SSSR count). The van der Waals surface area contributed by atoms with E-state index in [9.17, 15) is 0 Å². The summed E-state index contributed by atoms with van der Waals surface area (Å²) in [5.41, 5.74) is 0.996. The highest BCUT2D eigenvalue weighted by atomic mass is 16.5. The molecule has 1 atom stereocenters. The van der Waals surface area contributed by atoms with Crippen molar-refractivity contribution in [1.82, 2.24) is 15.3 Å². The molecular weight excluding hydrogens is 228 g/mol. The molecule has 1 aromatic heterocycles. The molecule has 5 heteroatoms. The number of nitrogens with zero attached hydrogens (tertiary/aromatic N) is 3. The normalized spacial score (nSPS) is 16.6. The third kappa shape index (κ3) is 3.65. The van der Waals surface area contributed by atoms with Crippen LogP contribution in [0.2, 0.25) is 0 Å². The zero-order chi connectivity index (χ0) is 13.0. The topological polar surface area (TPSA) is 50.3 Å². The van der Waals surface area contributed by atoms with Gasteiger partial charge in [-0.15, -0.1) is 0 Å². The van der Waals surface area contributed by atoms with E-state index in [-0.39, 0.29) is 6.04 Å². The van der Waals surface area contributed by atoms with Gasteiger partial charge in [0.15, 0.2) is 0 Å². The molecule has 18 heavy (non-hydrogen) atoms. The van der Waals surface area contributed by atoms with Gasteiger partial charge in [0.1, 0.15) is 5.82 Å². The molecule has 1 fully saturated rings. The van der Waals surface area contributed by atoms with Gasteiger partial charge in [0.05, 0.1) is 24.5 Å². The van der Waals surface area contributed by atoms with Gasteiger partial charge in [-0.1, -0.05) is 0 Å². The van der Waals surface area contributed by atoms with Gasteiger partial charge in [-0.05, 0) is 19.8 Å². The Balaban J connectivity index is 1.96. The molecule has 0 amide bonds. The summed E-state index contributed by atoms with van der Waals surface area (Å²) in [6.07, 6.45) is 6.20. The van der Waals surface area contributed by atoms with Crippen molar-refractivity contribution >= 4 is 5.82 Å². The predicted molar refractivity (Wildman–Crippen MR) is 71.6 cm³/mol. The first-order valence-electron chi connectivity index (χ1n) is 6.46. The Labute approximate surface area is 109 Å². The first kappa shape index (κ1) is 13.2. The van der Waals surface area contributed by atoms with E-state index < -0.39 is 0 Å². The Bertz CT molecular complexity index is 381. The van der Waals surface area contributed by atoms with E-state index in [0.29, 0.717) is 12.6 Å². The minimum absolute atomic E-state index is 0.288. The second-order valence-corrected chi connectivity index (χ2v) is 4.94. The van der Waals surface area contributed by atoms with Crippen molar-refractivity contribution in [3.05, 3.63) is 18.1 Å². The van der Waals surface area contributed by atoms with E-state index in [1.54, 1.807) is 13.3 Å². The van der Waals surface area contributed by atoms with E-state index in [1.807, 2.05) is 13.2 Å². The number of ether oxygens (including phenoxy) is 1. The summed E-state index contributed by atoms with van der Waals surface area (Å²) in [5, 5.41) is 3.45. The van der Waals surface area contributed by atoms with Crippen LogP contribution < -0.4 is 10.2 Å². The summed E-state index contributed by atoms with van der Waals surface area (Å²) in [5.74, 6) is 0.898. The lowest BCUT2D eigenvalue weighted by atomic mass is 10.3. The first-order chi connectivity index (χ1) is 8.70. The van der Waals surface area contributed by atoms with Crippen molar-refractivity contribution < 1.29 is 4.74 Å². The lowest BCUT2D eigenvalue weighted by molar-refractivity contribution is 0.183. The van der Waals surface area contributed by atoms with Gasteiger partial charge >= 0.3 is 0 Å². The number of likely N-dealkylation sites (N-methyl/N-ethyl adjacent to an activating group) is 1. The number of anilines is 1. The molecule has 1 aliphatic rings. The van der Waals surface area contributed by atoms with Gasteiger partial charge in [0.25, 0.3) is 0 Å². The quantitative estimate of drug-likeness (QED) is 0.788. The Morgan fingerprint density at radius 1 is 1.50 bits per heavy atom. The molecule has 0 aliphatic heterocycles. The maximum atomic E-state index is 5.16. The molecule has 0 radical (unpaired) electrons. The van der Waals surface area contributed by atoms with E-state index in [2.05, 4.69) is 27.1 Å². The van der Waals surface area contributed by atoms with Crippen LogP contribution >= 0.6 is 0 Å². The Morgan fingerprint density at radius 3 is 2.94 bits per heavy atom. The molecule has 1 aromatic rings. The fourth-order valence-electron chi connectivity index (χ4n) is 1.77. The smallest absolute Gasteiger partial charge is 0.147 e. The second-order valence-electron chi connectivity index (χ2n) is 4.94. The average Bonchev–Trinajstić information content (AvgIpc) is 3.20. The molecule has 1 N–H and O–H groups in total. The van der Waals surface area contributed by atoms with Crippen LogP contribution in [0.3, 0.4) is 0 Å². The monoisotopic (exact) mass is 250 g/mol. The highest BCUT2D eigenvalue weighted by Crippen LogP contribution is 2.19. The van der Waals surface area contributed by atoms with E-state index >= 15 is 0 Å². The highest BCUT2D eigenvalue weighted by Gasteiger charge is 2.20. The Kier molecular flexibility index (Phi) is 4.49. The van der Waals surface area contributed by atoms with Crippen molar-refractivity contribution in [1.29, 1.82) is 0 Å². The summed E-state index contributed by atoms with van der Waals surface area (Å²) in [7, 11) is 3.73. The minimum atomic E-state index is 0.288. The molecule has 1 saturated carbocycles. The Hall–Kier alpha value is -1.20. The summed E-state index contributed by atoms with van der Waals surface area (Å²) >= 11 is 0. The average molecular weight is 250 g/mol. The van der Waals surface area contributed by atoms with Crippen LogP contribution in [0.1, 0.15) is 25.5 Å². The molecule has 0 bridgehead atoms. The molecule has 1 unspecified atom stereocenters. The number of nitrogens with one attached hydrogen (secondary N) is 1. The fourth-order valence-corrected chi connectivity index (χ4v) is 1.77. The van der Waals surface area contributed by atoms with Crippen molar-refractivity contribution in [3.8, 4) is 0 Å². The summed E-state index contributed by atoms with van der Waals surface area (Å²) < 4.78 is 5.16. The zero-order valence-electron chi connectivity index (χ0n) is 11.4. The molecule has 1 aliphatic carbocycles. The summed E-state index contributed by atoms with van der Waals surface area (Å²) in [4.78, 5) is 11.0. The number of methoxy groups -OCH3 is 1. The molecule has 1 heterocycles. The molecule has 0 spiro atoms. The maximum Gasteiger partial charge on any atom is 0.147 e. The van der Waals surface area contributed by atoms with Gasteiger partial charge in [-0.2, -0.15) is 0 Å². The van der Waals surface area contributed by atoms with Gasteiger partial charge in [0, 0.05) is 32.9 Å². The van der Waals surface area contributed by atoms with Crippen LogP contribution in [-0.4, -0.2) is 42.8 Å². The van der Waals surface area contributed by atoms with Crippen LogP contribution in [0.15, 0.2) is 12.4 Å². The van der Waals surface area contributed by atoms with Crippen molar-refractivity contribution in [2.75, 3.05) is 25.7 Å². The number of hydrogen-bond acceptors (Lipinski definition) is 5. The SMILES string of the molecule is COCC(C)N(C)c1cncc(CNC2CC2)n1. The van der Waals surface area contributed by atoms with Gasteiger partial charge < -0.3 is 15.0 Å². The molecule has 0 aromatic carbocycles. The van der Waals surface area contributed by atoms with Gasteiger partial charge in [0.2, 0.25) is 0 Å². The van der Waals surface area contributed by atoms with Crippen LogP contribution in [0.25, 0.3) is 0 Å². The standard InChI is InChI=1S/C13H22N4O/c1-10(9-18-3)17(2)13-8-14-6-12(16-13)7-15-11-4-5-11/h6,8,10-11,15H,4-5,7,9H2,1-3H3. The fraction of sp³-hybridized carbons (Fsp3) is 0.692. The maximum absolute atomic E-state index is 5.16.